The number of hydrogen-bond donors (Lipinski definition) is 1. The van der Waals surface area contributed by atoms with E-state index in [-0.39, 0.29) is 29.6 Å². The fourth-order valence-corrected chi connectivity index (χ4v) is 3.71. The van der Waals surface area contributed by atoms with Crippen LogP contribution in [0, 0.1) is 11.2 Å². The summed E-state index contributed by atoms with van der Waals surface area (Å²) in [5.41, 5.74) is 7.70. The van der Waals surface area contributed by atoms with E-state index in [1.54, 1.807) is 16.7 Å². The average Bonchev–Trinajstić information content (AvgIpc) is 2.98. The van der Waals surface area contributed by atoms with Gasteiger partial charge in [0.2, 0.25) is 5.91 Å². The third-order valence-electron chi connectivity index (χ3n) is 5.21. The van der Waals surface area contributed by atoms with Crippen LogP contribution in [-0.2, 0) is 11.2 Å². The SMILES string of the molecule is NC1CN(C(=O)Cc2cn3cc(F)ccc3n2)CC12CCC2. The Morgan fingerprint density at radius 1 is 1.41 bits per heavy atom. The standard InChI is InChI=1S/C16H19FN4O/c17-11-2-3-14-19-12(8-20(14)7-11)6-15(22)21-9-13(18)16(10-21)4-1-5-16/h2-3,7-8,13H,1,4-6,9-10,18H2. The lowest BCUT2D eigenvalue weighted by Crippen LogP contribution is -2.45. The van der Waals surface area contributed by atoms with Crippen LogP contribution in [0.25, 0.3) is 5.65 Å². The van der Waals surface area contributed by atoms with Crippen LogP contribution >= 0.6 is 0 Å². The highest BCUT2D eigenvalue weighted by Gasteiger charge is 2.49. The van der Waals surface area contributed by atoms with E-state index in [1.807, 2.05) is 4.90 Å². The number of rotatable bonds is 2. The maximum Gasteiger partial charge on any atom is 0.228 e. The summed E-state index contributed by atoms with van der Waals surface area (Å²) < 4.78 is 14.8. The number of hydrogen-bond acceptors (Lipinski definition) is 3. The average molecular weight is 302 g/mol. The molecule has 2 aromatic rings. The summed E-state index contributed by atoms with van der Waals surface area (Å²) in [5.74, 6) is -0.261. The highest BCUT2D eigenvalue weighted by Crippen LogP contribution is 2.47. The van der Waals surface area contributed by atoms with Crippen LogP contribution < -0.4 is 5.73 Å². The maximum absolute atomic E-state index is 13.2. The number of carbonyl (C=O) groups excluding carboxylic acids is 1. The summed E-state index contributed by atoms with van der Waals surface area (Å²) >= 11 is 0. The topological polar surface area (TPSA) is 63.6 Å². The number of halogens is 1. The Kier molecular flexibility index (Phi) is 2.97. The van der Waals surface area contributed by atoms with Gasteiger partial charge in [0, 0.05) is 36.9 Å². The number of imidazole rings is 1. The number of aromatic nitrogens is 2. The normalized spacial score (nSPS) is 23.2. The molecule has 1 amide bonds. The largest absolute Gasteiger partial charge is 0.340 e. The minimum Gasteiger partial charge on any atom is -0.340 e. The zero-order valence-electron chi connectivity index (χ0n) is 12.3. The molecule has 6 heteroatoms. The third-order valence-corrected chi connectivity index (χ3v) is 5.21. The molecule has 0 radical (unpaired) electrons. The lowest BCUT2D eigenvalue weighted by Gasteiger charge is -2.41. The first-order chi connectivity index (χ1) is 10.6. The second-order valence-corrected chi connectivity index (χ2v) is 6.62. The van der Waals surface area contributed by atoms with Crippen molar-refractivity contribution in [3.63, 3.8) is 0 Å². The molecule has 2 aliphatic rings. The highest BCUT2D eigenvalue weighted by atomic mass is 19.1. The van der Waals surface area contributed by atoms with Gasteiger partial charge in [-0.2, -0.15) is 0 Å². The molecule has 1 atom stereocenters. The molecule has 1 spiro atoms. The van der Waals surface area contributed by atoms with Gasteiger partial charge < -0.3 is 15.0 Å². The predicted molar refractivity (Wildman–Crippen MR) is 79.7 cm³/mol. The van der Waals surface area contributed by atoms with Crippen LogP contribution in [0.3, 0.4) is 0 Å². The number of carbonyl (C=O) groups is 1. The van der Waals surface area contributed by atoms with E-state index in [0.717, 1.165) is 19.4 Å². The molecule has 1 saturated heterocycles. The maximum atomic E-state index is 13.2. The highest BCUT2D eigenvalue weighted by molar-refractivity contribution is 5.79. The van der Waals surface area contributed by atoms with Crippen LogP contribution in [0.1, 0.15) is 25.0 Å². The second kappa shape index (κ2) is 4.78. The van der Waals surface area contributed by atoms with Crippen molar-refractivity contribution in [1.29, 1.82) is 0 Å². The summed E-state index contributed by atoms with van der Waals surface area (Å²) in [5, 5.41) is 0. The number of nitrogens with zero attached hydrogens (tertiary/aromatic N) is 3. The zero-order valence-corrected chi connectivity index (χ0v) is 12.3. The second-order valence-electron chi connectivity index (χ2n) is 6.62. The summed E-state index contributed by atoms with van der Waals surface area (Å²) in [4.78, 5) is 18.7. The summed E-state index contributed by atoms with van der Waals surface area (Å²) in [6.45, 7) is 1.41. The molecule has 0 aromatic carbocycles. The fourth-order valence-electron chi connectivity index (χ4n) is 3.71. The quantitative estimate of drug-likeness (QED) is 0.911. The van der Waals surface area contributed by atoms with E-state index in [2.05, 4.69) is 4.98 Å². The Morgan fingerprint density at radius 2 is 2.23 bits per heavy atom. The molecule has 2 aromatic heterocycles. The molecular weight excluding hydrogens is 283 g/mol. The molecule has 2 fully saturated rings. The molecule has 22 heavy (non-hydrogen) atoms. The van der Waals surface area contributed by atoms with Gasteiger partial charge in [-0.05, 0) is 25.0 Å². The molecule has 1 aliphatic heterocycles. The van der Waals surface area contributed by atoms with Crippen LogP contribution in [-0.4, -0.2) is 39.3 Å². The molecule has 1 saturated carbocycles. The Labute approximate surface area is 127 Å². The van der Waals surface area contributed by atoms with Crippen molar-refractivity contribution in [3.05, 3.63) is 36.0 Å². The number of pyridine rings is 1. The Hall–Kier alpha value is -1.95. The Morgan fingerprint density at radius 3 is 2.91 bits per heavy atom. The fraction of sp³-hybridized carbons (Fsp3) is 0.500. The van der Waals surface area contributed by atoms with Crippen molar-refractivity contribution in [2.75, 3.05) is 13.1 Å². The summed E-state index contributed by atoms with van der Waals surface area (Å²) in [7, 11) is 0. The van der Waals surface area contributed by atoms with E-state index < -0.39 is 0 Å². The van der Waals surface area contributed by atoms with Crippen LogP contribution in [0.5, 0.6) is 0 Å². The zero-order chi connectivity index (χ0) is 15.3. The minimum absolute atomic E-state index is 0.0584. The van der Waals surface area contributed by atoms with Crippen LogP contribution in [0.15, 0.2) is 24.5 Å². The molecule has 1 aliphatic carbocycles. The molecule has 3 heterocycles. The van der Waals surface area contributed by atoms with Gasteiger partial charge in [0.1, 0.15) is 11.5 Å². The molecular formula is C16H19FN4O. The Bertz CT molecular complexity index is 737. The first kappa shape index (κ1) is 13.7. The first-order valence-corrected chi connectivity index (χ1v) is 7.72. The molecule has 116 valence electrons. The van der Waals surface area contributed by atoms with Gasteiger partial charge in [-0.25, -0.2) is 9.37 Å². The van der Waals surface area contributed by atoms with E-state index in [0.29, 0.717) is 17.9 Å². The van der Waals surface area contributed by atoms with Crippen molar-refractivity contribution < 1.29 is 9.18 Å². The monoisotopic (exact) mass is 302 g/mol. The van der Waals surface area contributed by atoms with Gasteiger partial charge in [-0.1, -0.05) is 6.42 Å². The number of amides is 1. The van der Waals surface area contributed by atoms with Gasteiger partial charge in [-0.15, -0.1) is 0 Å². The molecule has 1 unspecified atom stereocenters. The third kappa shape index (κ3) is 2.09. The van der Waals surface area contributed by atoms with Gasteiger partial charge in [0.05, 0.1) is 12.1 Å². The van der Waals surface area contributed by atoms with Crippen LogP contribution in [0.2, 0.25) is 0 Å². The van der Waals surface area contributed by atoms with E-state index in [1.165, 1.54) is 18.7 Å². The number of fused-ring (bicyclic) bond motifs is 1. The lowest BCUT2D eigenvalue weighted by atomic mass is 9.66. The van der Waals surface area contributed by atoms with Crippen molar-refractivity contribution >= 4 is 11.6 Å². The van der Waals surface area contributed by atoms with Gasteiger partial charge >= 0.3 is 0 Å². The smallest absolute Gasteiger partial charge is 0.228 e. The van der Waals surface area contributed by atoms with E-state index >= 15 is 0 Å². The van der Waals surface area contributed by atoms with Gasteiger partial charge in [0.25, 0.3) is 0 Å². The van der Waals surface area contributed by atoms with Gasteiger partial charge in [0.15, 0.2) is 0 Å². The lowest BCUT2D eigenvalue weighted by molar-refractivity contribution is -0.130. The predicted octanol–water partition coefficient (Wildman–Crippen LogP) is 1.36. The minimum atomic E-state index is -0.319. The molecule has 5 nitrogen and oxygen atoms in total. The Balaban J connectivity index is 1.49. The molecule has 2 N–H and O–H groups in total. The summed E-state index contributed by atoms with van der Waals surface area (Å²) in [6, 6.07) is 3.08. The van der Waals surface area contributed by atoms with E-state index in [4.69, 9.17) is 5.73 Å². The van der Waals surface area contributed by atoms with Crippen molar-refractivity contribution in [2.45, 2.75) is 31.7 Å². The first-order valence-electron chi connectivity index (χ1n) is 7.72. The molecule has 4 rings (SSSR count). The van der Waals surface area contributed by atoms with Gasteiger partial charge in [-0.3, -0.25) is 4.79 Å². The van der Waals surface area contributed by atoms with Crippen LogP contribution in [0.4, 0.5) is 4.39 Å². The number of nitrogens with two attached hydrogens (primary N) is 1. The summed E-state index contributed by atoms with van der Waals surface area (Å²) in [6.07, 6.45) is 6.80. The van der Waals surface area contributed by atoms with Crippen molar-refractivity contribution in [3.8, 4) is 0 Å². The van der Waals surface area contributed by atoms with Crippen molar-refractivity contribution in [1.82, 2.24) is 14.3 Å². The molecule has 0 bridgehead atoms. The number of likely N-dealkylation sites (tertiary alicyclic amines) is 1. The van der Waals surface area contributed by atoms with Crippen molar-refractivity contribution in [2.24, 2.45) is 11.1 Å². The van der Waals surface area contributed by atoms with E-state index in [9.17, 15) is 9.18 Å².